The molecule has 0 aliphatic heterocycles. The smallest absolute Gasteiger partial charge is 0.159 e. The van der Waals surface area contributed by atoms with Gasteiger partial charge in [-0.25, -0.2) is 8.42 Å². The van der Waals surface area contributed by atoms with Crippen LogP contribution in [0.5, 0.6) is 0 Å². The van der Waals surface area contributed by atoms with E-state index in [-0.39, 0.29) is 32.1 Å². The van der Waals surface area contributed by atoms with Crippen molar-refractivity contribution in [1.29, 1.82) is 0 Å². The molecule has 0 fully saturated rings. The predicted octanol–water partition coefficient (Wildman–Crippen LogP) is 1.55. The van der Waals surface area contributed by atoms with Crippen molar-refractivity contribution in [3.05, 3.63) is 0 Å². The van der Waals surface area contributed by atoms with E-state index < -0.39 is 20.9 Å². The Bertz CT molecular complexity index is 364. The number of rotatable bonds is 11. The van der Waals surface area contributed by atoms with Gasteiger partial charge in [0.2, 0.25) is 0 Å². The van der Waals surface area contributed by atoms with E-state index in [0.29, 0.717) is 6.42 Å². The van der Waals surface area contributed by atoms with Gasteiger partial charge in [-0.1, -0.05) is 6.92 Å². The Labute approximate surface area is 131 Å². The number of aliphatic hydroxyl groups is 1. The summed E-state index contributed by atoms with van der Waals surface area (Å²) in [5, 5.41) is 8.86. The molecule has 20 heavy (non-hydrogen) atoms. The maximum Gasteiger partial charge on any atom is 0.159 e. The van der Waals surface area contributed by atoms with E-state index in [1.807, 2.05) is 0 Å². The molecule has 0 spiro atoms. The fraction of sp³-hybridized carbons (Fsp3) is 1.00. The van der Waals surface area contributed by atoms with E-state index in [2.05, 4.69) is 0 Å². The van der Waals surface area contributed by atoms with Crippen LogP contribution in [0.4, 0.5) is 0 Å². The summed E-state index contributed by atoms with van der Waals surface area (Å²) in [6.07, 6.45) is -0.458. The Hall–Kier alpha value is 0.370. The van der Waals surface area contributed by atoms with E-state index in [0.717, 1.165) is 3.94 Å². The summed E-state index contributed by atoms with van der Waals surface area (Å²) in [7, 11) is -3.40. The van der Waals surface area contributed by atoms with Crippen LogP contribution < -0.4 is 0 Å². The number of aliphatic hydroxyl groups excluding tert-OH is 1. The highest BCUT2D eigenvalue weighted by Crippen LogP contribution is 2.25. The van der Waals surface area contributed by atoms with E-state index in [4.69, 9.17) is 38.1 Å². The molecule has 0 aliphatic rings. The summed E-state index contributed by atoms with van der Waals surface area (Å²) < 4.78 is 34.4. The van der Waals surface area contributed by atoms with Crippen molar-refractivity contribution in [1.82, 2.24) is 3.94 Å². The van der Waals surface area contributed by atoms with Gasteiger partial charge in [-0.3, -0.25) is 0 Å². The van der Waals surface area contributed by atoms with Crippen molar-refractivity contribution in [3.8, 4) is 0 Å². The summed E-state index contributed by atoms with van der Waals surface area (Å²) in [6, 6.07) is 0. The predicted molar refractivity (Wildman–Crippen MR) is 79.3 cm³/mol. The summed E-state index contributed by atoms with van der Waals surface area (Å²) in [6.45, 7) is 5.38. The molecule has 122 valence electrons. The molecule has 0 aliphatic carbocycles. The van der Waals surface area contributed by atoms with Crippen LogP contribution in [-0.2, 0) is 19.3 Å². The van der Waals surface area contributed by atoms with Crippen LogP contribution in [0.25, 0.3) is 0 Å². The van der Waals surface area contributed by atoms with Gasteiger partial charge in [0.15, 0.2) is 16.1 Å². The molecule has 9 heteroatoms. The molecule has 1 N–H and O–H groups in total. The Balaban J connectivity index is 4.23. The molecule has 0 aromatic heterocycles. The van der Waals surface area contributed by atoms with Crippen LogP contribution in [0.1, 0.15) is 27.2 Å². The normalized spacial score (nSPS) is 17.1. The molecular weight excluding hydrogens is 329 g/mol. The Morgan fingerprint density at radius 1 is 1.30 bits per heavy atom. The second kappa shape index (κ2) is 9.40. The van der Waals surface area contributed by atoms with Gasteiger partial charge < -0.3 is 14.6 Å². The first-order valence-electron chi connectivity index (χ1n) is 6.33. The molecule has 0 rings (SSSR count). The first-order chi connectivity index (χ1) is 9.14. The van der Waals surface area contributed by atoms with Crippen LogP contribution in [0.15, 0.2) is 0 Å². The molecule has 2 atom stereocenters. The summed E-state index contributed by atoms with van der Waals surface area (Å²) in [5.74, 6) is -0.117. The lowest BCUT2D eigenvalue weighted by atomic mass is 10.1. The van der Waals surface area contributed by atoms with Gasteiger partial charge in [-0.05, 0) is 43.8 Å². The fourth-order valence-electron chi connectivity index (χ4n) is 1.48. The molecule has 6 nitrogen and oxygen atoms in total. The minimum atomic E-state index is -3.40. The zero-order chi connectivity index (χ0) is 15.8. The van der Waals surface area contributed by atoms with Crippen molar-refractivity contribution in [2.45, 2.75) is 38.2 Å². The quantitative estimate of drug-likeness (QED) is 0.345. The summed E-state index contributed by atoms with van der Waals surface area (Å²) in [4.78, 5) is 0. The van der Waals surface area contributed by atoms with Gasteiger partial charge in [-0.2, -0.15) is 0 Å². The van der Waals surface area contributed by atoms with Crippen molar-refractivity contribution in [2.75, 3.05) is 32.1 Å². The third kappa shape index (κ3) is 7.40. The molecule has 0 amide bonds. The number of hydrogen-bond donors (Lipinski definition) is 1. The van der Waals surface area contributed by atoms with Crippen LogP contribution in [0, 0.1) is 0 Å². The van der Waals surface area contributed by atoms with E-state index in [1.165, 1.54) is 6.92 Å². The fourth-order valence-corrected chi connectivity index (χ4v) is 3.74. The van der Waals surface area contributed by atoms with Crippen molar-refractivity contribution in [3.63, 3.8) is 0 Å². The largest absolute Gasteiger partial charge is 0.378 e. The third-order valence-electron chi connectivity index (χ3n) is 3.04. The second-order valence-corrected chi connectivity index (χ2v) is 8.28. The van der Waals surface area contributed by atoms with Crippen LogP contribution >= 0.6 is 23.6 Å². The van der Waals surface area contributed by atoms with Gasteiger partial charge in [0.05, 0.1) is 30.3 Å². The molecule has 0 saturated carbocycles. The zero-order valence-corrected chi connectivity index (χ0v) is 14.3. The van der Waals surface area contributed by atoms with E-state index in [9.17, 15) is 8.42 Å². The Kier molecular flexibility index (Phi) is 9.57. The highest BCUT2D eigenvalue weighted by atomic mass is 35.5. The van der Waals surface area contributed by atoms with E-state index >= 15 is 0 Å². The number of hydrogen-bond acceptors (Lipinski definition) is 6. The van der Waals surface area contributed by atoms with Gasteiger partial charge in [0, 0.05) is 6.54 Å². The lowest BCUT2D eigenvalue weighted by Gasteiger charge is -2.28. The van der Waals surface area contributed by atoms with Gasteiger partial charge in [0.25, 0.3) is 0 Å². The third-order valence-corrected chi connectivity index (χ3v) is 5.90. The average molecular weight is 352 g/mol. The summed E-state index contributed by atoms with van der Waals surface area (Å²) in [5.41, 5.74) is 0. The molecule has 0 radical (unpaired) electrons. The molecular formula is C11H23Cl2NO5S. The topological polar surface area (TPSA) is 76.1 Å². The number of ether oxygens (including phenoxy) is 2. The second-order valence-electron chi connectivity index (χ2n) is 4.67. The van der Waals surface area contributed by atoms with Gasteiger partial charge in [0.1, 0.15) is 0 Å². The molecule has 0 aromatic rings. The molecule has 0 heterocycles. The van der Waals surface area contributed by atoms with Crippen molar-refractivity contribution >= 4 is 33.4 Å². The standard InChI is InChI=1S/C11H23Cl2NO5S/c1-4-11(3,9-14(12)13)20(16,17)8-7-18-5-6-19-10(2)15/h10,15H,4-9H2,1-3H3. The van der Waals surface area contributed by atoms with Crippen molar-refractivity contribution < 1.29 is 23.0 Å². The Morgan fingerprint density at radius 2 is 1.90 bits per heavy atom. The maximum absolute atomic E-state index is 12.3. The molecule has 0 saturated heterocycles. The lowest BCUT2D eigenvalue weighted by Crippen LogP contribution is -2.43. The lowest BCUT2D eigenvalue weighted by molar-refractivity contribution is -0.0986. The highest BCUT2D eigenvalue weighted by Gasteiger charge is 2.38. The average Bonchev–Trinajstić information content (AvgIpc) is 2.32. The van der Waals surface area contributed by atoms with Crippen LogP contribution in [-0.4, -0.2) is 60.6 Å². The monoisotopic (exact) mass is 351 g/mol. The first-order valence-corrected chi connectivity index (χ1v) is 8.66. The highest BCUT2D eigenvalue weighted by molar-refractivity contribution is 7.92. The molecule has 0 bridgehead atoms. The summed E-state index contributed by atoms with van der Waals surface area (Å²) >= 11 is 11.1. The SMILES string of the molecule is CCC(C)(CN(Cl)Cl)S(=O)(=O)CCOCCOC(C)O. The zero-order valence-electron chi connectivity index (χ0n) is 12.0. The molecule has 2 unspecified atom stereocenters. The van der Waals surface area contributed by atoms with Crippen LogP contribution in [0.3, 0.4) is 0 Å². The molecule has 0 aromatic carbocycles. The van der Waals surface area contributed by atoms with Gasteiger partial charge in [-0.15, -0.1) is 3.94 Å². The minimum Gasteiger partial charge on any atom is -0.378 e. The Morgan fingerprint density at radius 3 is 2.35 bits per heavy atom. The minimum absolute atomic E-state index is 0.0279. The number of sulfone groups is 1. The number of nitrogens with zero attached hydrogens (tertiary/aromatic N) is 1. The number of halogens is 2. The van der Waals surface area contributed by atoms with Gasteiger partial charge >= 0.3 is 0 Å². The van der Waals surface area contributed by atoms with E-state index in [1.54, 1.807) is 13.8 Å². The first kappa shape index (κ1) is 20.4. The van der Waals surface area contributed by atoms with Crippen LogP contribution in [0.2, 0.25) is 0 Å². The van der Waals surface area contributed by atoms with Crippen molar-refractivity contribution in [2.24, 2.45) is 0 Å². The maximum atomic E-state index is 12.3.